The lowest BCUT2D eigenvalue weighted by molar-refractivity contribution is -0.106. The van der Waals surface area contributed by atoms with Gasteiger partial charge in [-0.1, -0.05) is 19.4 Å². The van der Waals surface area contributed by atoms with E-state index in [9.17, 15) is 9.50 Å². The van der Waals surface area contributed by atoms with Crippen molar-refractivity contribution < 1.29 is 9.50 Å². The number of hydrogen-bond acceptors (Lipinski definition) is 2. The molecule has 0 spiro atoms. The van der Waals surface area contributed by atoms with E-state index in [2.05, 4.69) is 11.8 Å². The summed E-state index contributed by atoms with van der Waals surface area (Å²) in [6, 6.07) is 4.90. The predicted molar refractivity (Wildman–Crippen MR) is 66.3 cm³/mol. The van der Waals surface area contributed by atoms with Gasteiger partial charge in [0.15, 0.2) is 0 Å². The van der Waals surface area contributed by atoms with Gasteiger partial charge in [-0.3, -0.25) is 4.90 Å². The van der Waals surface area contributed by atoms with Crippen molar-refractivity contribution in [2.75, 3.05) is 13.1 Å². The molecule has 3 heteroatoms. The van der Waals surface area contributed by atoms with Gasteiger partial charge in [0.1, 0.15) is 5.82 Å². The van der Waals surface area contributed by atoms with Crippen molar-refractivity contribution in [1.29, 1.82) is 0 Å². The molecule has 0 amide bonds. The van der Waals surface area contributed by atoms with Crippen LogP contribution in [0.2, 0.25) is 0 Å². The molecule has 0 saturated carbocycles. The summed E-state index contributed by atoms with van der Waals surface area (Å²) < 4.78 is 13.0. The van der Waals surface area contributed by atoms with E-state index in [1.54, 1.807) is 6.07 Å². The topological polar surface area (TPSA) is 23.5 Å². The molecule has 0 atom stereocenters. The number of aryl methyl sites for hydroxylation is 1. The minimum atomic E-state index is -0.483. The first kappa shape index (κ1) is 12.5. The molecule has 1 N–H and O–H groups in total. The largest absolute Gasteiger partial charge is 0.387 e. The summed E-state index contributed by atoms with van der Waals surface area (Å²) >= 11 is 0. The second kappa shape index (κ2) is 4.75. The molecule has 0 aromatic heterocycles. The van der Waals surface area contributed by atoms with Gasteiger partial charge in [0, 0.05) is 19.6 Å². The number of aliphatic hydroxyl groups is 1. The Labute approximate surface area is 102 Å². The average Bonchev–Trinajstić information content (AvgIpc) is 2.20. The molecule has 2 rings (SSSR count). The van der Waals surface area contributed by atoms with Gasteiger partial charge >= 0.3 is 0 Å². The smallest absolute Gasteiger partial charge is 0.123 e. The van der Waals surface area contributed by atoms with E-state index in [0.717, 1.165) is 43.6 Å². The van der Waals surface area contributed by atoms with Crippen molar-refractivity contribution in [3.63, 3.8) is 0 Å². The molecule has 1 aliphatic rings. The number of halogens is 1. The maximum absolute atomic E-state index is 13.0. The molecule has 0 unspecified atom stereocenters. The first-order chi connectivity index (χ1) is 8.02. The Morgan fingerprint density at radius 2 is 2.12 bits per heavy atom. The average molecular weight is 237 g/mol. The minimum absolute atomic E-state index is 0.183. The van der Waals surface area contributed by atoms with Gasteiger partial charge in [-0.15, -0.1) is 0 Å². The molecule has 1 saturated heterocycles. The first-order valence-corrected chi connectivity index (χ1v) is 6.22. The Morgan fingerprint density at radius 3 is 2.71 bits per heavy atom. The van der Waals surface area contributed by atoms with Crippen molar-refractivity contribution >= 4 is 0 Å². The fourth-order valence-corrected chi connectivity index (χ4v) is 2.60. The van der Waals surface area contributed by atoms with Crippen LogP contribution in [-0.2, 0) is 6.54 Å². The number of rotatable bonds is 4. The van der Waals surface area contributed by atoms with Crippen LogP contribution in [0.15, 0.2) is 18.2 Å². The summed E-state index contributed by atoms with van der Waals surface area (Å²) in [5.74, 6) is -0.183. The lowest BCUT2D eigenvalue weighted by Crippen LogP contribution is -2.61. The fraction of sp³-hybridized carbons (Fsp3) is 0.571. The van der Waals surface area contributed by atoms with Crippen molar-refractivity contribution in [3.05, 3.63) is 35.1 Å². The Bertz CT molecular complexity index is 399. The Morgan fingerprint density at radius 1 is 1.41 bits per heavy atom. The number of benzene rings is 1. The highest BCUT2D eigenvalue weighted by molar-refractivity contribution is 5.26. The van der Waals surface area contributed by atoms with E-state index in [0.29, 0.717) is 0 Å². The van der Waals surface area contributed by atoms with E-state index < -0.39 is 5.60 Å². The van der Waals surface area contributed by atoms with Crippen LogP contribution < -0.4 is 0 Å². The highest BCUT2D eigenvalue weighted by Crippen LogP contribution is 2.27. The van der Waals surface area contributed by atoms with Gasteiger partial charge in [-0.05, 0) is 36.6 Å². The quantitative estimate of drug-likeness (QED) is 0.869. The maximum Gasteiger partial charge on any atom is 0.123 e. The highest BCUT2D eigenvalue weighted by Gasteiger charge is 2.39. The Balaban J connectivity index is 1.91. The standard InChI is InChI=1S/C14H20FNO/c1-3-6-14(17)9-16(10-14)8-12-4-5-13(15)7-11(12)2/h4-5,7,17H,3,6,8-10H2,1-2H3. The Hall–Kier alpha value is -0.930. The second-order valence-corrected chi connectivity index (χ2v) is 5.19. The molecule has 1 heterocycles. The molecule has 1 aromatic carbocycles. The molecule has 1 aliphatic heterocycles. The summed E-state index contributed by atoms with van der Waals surface area (Å²) in [7, 11) is 0. The SMILES string of the molecule is CCCC1(O)CN(Cc2ccc(F)cc2C)C1. The zero-order valence-corrected chi connectivity index (χ0v) is 10.5. The summed E-state index contributed by atoms with van der Waals surface area (Å²) in [6.07, 6.45) is 1.88. The van der Waals surface area contributed by atoms with Crippen molar-refractivity contribution in [3.8, 4) is 0 Å². The van der Waals surface area contributed by atoms with E-state index >= 15 is 0 Å². The van der Waals surface area contributed by atoms with Crippen LogP contribution in [0.1, 0.15) is 30.9 Å². The van der Waals surface area contributed by atoms with Gasteiger partial charge < -0.3 is 5.11 Å². The van der Waals surface area contributed by atoms with Crippen LogP contribution in [0, 0.1) is 12.7 Å². The third-order valence-electron chi connectivity index (χ3n) is 3.45. The van der Waals surface area contributed by atoms with Crippen LogP contribution in [0.4, 0.5) is 4.39 Å². The van der Waals surface area contributed by atoms with E-state index in [4.69, 9.17) is 0 Å². The van der Waals surface area contributed by atoms with E-state index in [1.807, 2.05) is 13.0 Å². The second-order valence-electron chi connectivity index (χ2n) is 5.19. The Kier molecular flexibility index (Phi) is 3.50. The molecular formula is C14H20FNO. The number of β-amino-alcohol motifs (C(OH)–C–C–N with tert-alkyl or cyclic N) is 1. The van der Waals surface area contributed by atoms with E-state index in [-0.39, 0.29) is 5.82 Å². The molecule has 1 aromatic rings. The zero-order valence-electron chi connectivity index (χ0n) is 10.5. The van der Waals surface area contributed by atoms with Gasteiger partial charge in [0.05, 0.1) is 5.60 Å². The molecular weight excluding hydrogens is 217 g/mol. The lowest BCUT2D eigenvalue weighted by Gasteiger charge is -2.46. The van der Waals surface area contributed by atoms with Crippen molar-refractivity contribution in [2.24, 2.45) is 0 Å². The first-order valence-electron chi connectivity index (χ1n) is 6.22. The third-order valence-corrected chi connectivity index (χ3v) is 3.45. The van der Waals surface area contributed by atoms with Crippen LogP contribution in [0.3, 0.4) is 0 Å². The summed E-state index contributed by atoms with van der Waals surface area (Å²) in [4.78, 5) is 2.20. The predicted octanol–water partition coefficient (Wildman–Crippen LogP) is 2.48. The maximum atomic E-state index is 13.0. The molecule has 17 heavy (non-hydrogen) atoms. The number of nitrogens with zero attached hydrogens (tertiary/aromatic N) is 1. The van der Waals surface area contributed by atoms with Crippen LogP contribution in [0.25, 0.3) is 0 Å². The van der Waals surface area contributed by atoms with Crippen LogP contribution in [-0.4, -0.2) is 28.7 Å². The van der Waals surface area contributed by atoms with Crippen LogP contribution >= 0.6 is 0 Å². The summed E-state index contributed by atoms with van der Waals surface area (Å²) in [6.45, 7) is 6.29. The van der Waals surface area contributed by atoms with E-state index in [1.165, 1.54) is 6.07 Å². The summed E-state index contributed by atoms with van der Waals surface area (Å²) in [5.41, 5.74) is 1.64. The van der Waals surface area contributed by atoms with Crippen molar-refractivity contribution in [2.45, 2.75) is 38.8 Å². The number of likely N-dealkylation sites (tertiary alicyclic amines) is 1. The third kappa shape index (κ3) is 2.85. The monoisotopic (exact) mass is 237 g/mol. The normalized spacial score (nSPS) is 19.1. The molecule has 2 nitrogen and oxygen atoms in total. The minimum Gasteiger partial charge on any atom is -0.387 e. The zero-order chi connectivity index (χ0) is 12.5. The fourth-order valence-electron chi connectivity index (χ4n) is 2.60. The summed E-state index contributed by atoms with van der Waals surface area (Å²) in [5, 5.41) is 10.1. The van der Waals surface area contributed by atoms with Gasteiger partial charge in [0.25, 0.3) is 0 Å². The van der Waals surface area contributed by atoms with Gasteiger partial charge in [-0.2, -0.15) is 0 Å². The molecule has 1 fully saturated rings. The molecule has 0 radical (unpaired) electrons. The van der Waals surface area contributed by atoms with Crippen molar-refractivity contribution in [1.82, 2.24) is 4.90 Å². The molecule has 0 aliphatic carbocycles. The lowest BCUT2D eigenvalue weighted by atomic mass is 9.88. The molecule has 94 valence electrons. The highest BCUT2D eigenvalue weighted by atomic mass is 19.1. The van der Waals surface area contributed by atoms with Gasteiger partial charge in [-0.25, -0.2) is 4.39 Å². The number of hydrogen-bond donors (Lipinski definition) is 1. The molecule has 0 bridgehead atoms. The van der Waals surface area contributed by atoms with Crippen LogP contribution in [0.5, 0.6) is 0 Å². The van der Waals surface area contributed by atoms with Gasteiger partial charge in [0.2, 0.25) is 0 Å².